The first-order valence-electron chi connectivity index (χ1n) is 10.5. The van der Waals surface area contributed by atoms with E-state index < -0.39 is 5.63 Å². The topological polar surface area (TPSA) is 56.0 Å². The molecule has 0 saturated carbocycles. The van der Waals surface area contributed by atoms with E-state index in [9.17, 15) is 4.79 Å². The van der Waals surface area contributed by atoms with E-state index in [-0.39, 0.29) is 0 Å². The normalized spacial score (nSPS) is 11.2. The molecule has 6 aromatic rings. The zero-order valence-corrected chi connectivity index (χ0v) is 20.0. The maximum absolute atomic E-state index is 12.5. The molecule has 34 heavy (non-hydrogen) atoms. The first-order chi connectivity index (χ1) is 16.6. The number of aromatic nitrogens is 2. The van der Waals surface area contributed by atoms with Crippen molar-refractivity contribution in [1.82, 2.24) is 9.97 Å². The average molecular weight is 499 g/mol. The maximum atomic E-state index is 12.5. The summed E-state index contributed by atoms with van der Waals surface area (Å²) in [5, 5.41) is 6.79. The number of thiazole rings is 2. The van der Waals surface area contributed by atoms with Gasteiger partial charge in [-0.15, -0.1) is 22.7 Å². The van der Waals surface area contributed by atoms with E-state index in [1.165, 1.54) is 33.8 Å². The molecule has 3 heterocycles. The molecule has 7 heteroatoms. The second kappa shape index (κ2) is 8.65. The van der Waals surface area contributed by atoms with Crippen LogP contribution in [0.3, 0.4) is 0 Å². The van der Waals surface area contributed by atoms with Crippen molar-refractivity contribution in [3.8, 4) is 43.7 Å². The van der Waals surface area contributed by atoms with Gasteiger partial charge in [0.1, 0.15) is 5.58 Å². The van der Waals surface area contributed by atoms with Gasteiger partial charge in [0.25, 0.3) is 0 Å². The summed E-state index contributed by atoms with van der Waals surface area (Å²) in [6, 6.07) is 25.6. The summed E-state index contributed by atoms with van der Waals surface area (Å²) in [6.45, 7) is 0. The van der Waals surface area contributed by atoms with E-state index in [0.717, 1.165) is 26.7 Å². The van der Waals surface area contributed by atoms with Crippen LogP contribution in [0.25, 0.3) is 54.6 Å². The van der Waals surface area contributed by atoms with Gasteiger partial charge in [-0.2, -0.15) is 0 Å². The van der Waals surface area contributed by atoms with Crippen LogP contribution in [0.2, 0.25) is 5.02 Å². The Balaban J connectivity index is 1.29. The Morgan fingerprint density at radius 1 is 0.706 bits per heavy atom. The molecular formula is C27H15ClN2O2S2. The van der Waals surface area contributed by atoms with Crippen molar-refractivity contribution in [1.29, 1.82) is 0 Å². The molecule has 0 fully saturated rings. The van der Waals surface area contributed by atoms with Crippen LogP contribution in [0.15, 0.2) is 98.8 Å². The van der Waals surface area contributed by atoms with Gasteiger partial charge in [-0.25, -0.2) is 14.8 Å². The predicted molar refractivity (Wildman–Crippen MR) is 141 cm³/mol. The van der Waals surface area contributed by atoms with Crippen molar-refractivity contribution in [3.05, 3.63) is 105 Å². The standard InChI is InChI=1S/C27H15ClN2O2S2/c28-20-10-11-24-19(12-20)13-21(27(31)32-24)23-15-34-26(30-23)25-29-22(14-33-25)18-8-6-17(7-9-18)16-4-2-1-3-5-16/h1-15H. The van der Waals surface area contributed by atoms with Crippen LogP contribution < -0.4 is 5.63 Å². The van der Waals surface area contributed by atoms with E-state index in [2.05, 4.69) is 41.4 Å². The first kappa shape index (κ1) is 21.0. The molecule has 3 aromatic carbocycles. The fourth-order valence-corrected chi connectivity index (χ4v) is 5.62. The number of hydrogen-bond acceptors (Lipinski definition) is 6. The average Bonchev–Trinajstić information content (AvgIpc) is 3.55. The maximum Gasteiger partial charge on any atom is 0.345 e. The van der Waals surface area contributed by atoms with Crippen LogP contribution in [0.5, 0.6) is 0 Å². The molecule has 0 unspecified atom stereocenters. The van der Waals surface area contributed by atoms with E-state index in [1.54, 1.807) is 24.3 Å². The quantitative estimate of drug-likeness (QED) is 0.231. The van der Waals surface area contributed by atoms with E-state index in [1.807, 2.05) is 29.0 Å². The van der Waals surface area contributed by atoms with E-state index in [4.69, 9.17) is 21.0 Å². The minimum absolute atomic E-state index is 0.408. The lowest BCUT2D eigenvalue weighted by atomic mass is 10.0. The molecule has 0 aliphatic heterocycles. The van der Waals surface area contributed by atoms with Crippen LogP contribution >= 0.6 is 34.3 Å². The zero-order chi connectivity index (χ0) is 23.1. The van der Waals surface area contributed by atoms with Crippen molar-refractivity contribution in [2.75, 3.05) is 0 Å². The Morgan fingerprint density at radius 3 is 2.12 bits per heavy atom. The lowest BCUT2D eigenvalue weighted by molar-refractivity contribution is 0.563. The highest BCUT2D eigenvalue weighted by Crippen LogP contribution is 2.34. The Kier molecular flexibility index (Phi) is 5.34. The van der Waals surface area contributed by atoms with Crippen molar-refractivity contribution < 1.29 is 4.42 Å². The lowest BCUT2D eigenvalue weighted by Gasteiger charge is -2.02. The molecule has 0 radical (unpaired) electrons. The zero-order valence-electron chi connectivity index (χ0n) is 17.6. The SMILES string of the molecule is O=c1oc2ccc(Cl)cc2cc1-c1csc(-c2nc(-c3ccc(-c4ccccc4)cc3)cs2)n1. The van der Waals surface area contributed by atoms with Gasteiger partial charge in [0, 0.05) is 26.7 Å². The monoisotopic (exact) mass is 498 g/mol. The second-order valence-electron chi connectivity index (χ2n) is 7.65. The number of rotatable bonds is 4. The van der Waals surface area contributed by atoms with Gasteiger partial charge < -0.3 is 4.42 Å². The summed E-state index contributed by atoms with van der Waals surface area (Å²) in [5.74, 6) is 0. The van der Waals surface area contributed by atoms with Gasteiger partial charge in [-0.3, -0.25) is 0 Å². The van der Waals surface area contributed by atoms with Crippen molar-refractivity contribution in [2.45, 2.75) is 0 Å². The highest BCUT2D eigenvalue weighted by molar-refractivity contribution is 7.20. The van der Waals surface area contributed by atoms with E-state index >= 15 is 0 Å². The van der Waals surface area contributed by atoms with Gasteiger partial charge in [0.05, 0.1) is 17.0 Å². The van der Waals surface area contributed by atoms with Gasteiger partial charge in [-0.05, 0) is 35.4 Å². The minimum Gasteiger partial charge on any atom is -0.422 e. The van der Waals surface area contributed by atoms with E-state index in [0.29, 0.717) is 21.9 Å². The molecule has 3 aromatic heterocycles. The van der Waals surface area contributed by atoms with Crippen LogP contribution in [0.1, 0.15) is 0 Å². The smallest absolute Gasteiger partial charge is 0.345 e. The number of nitrogens with zero attached hydrogens (tertiary/aromatic N) is 2. The molecular weight excluding hydrogens is 484 g/mol. The number of fused-ring (bicyclic) bond motifs is 1. The lowest BCUT2D eigenvalue weighted by Crippen LogP contribution is -2.02. The van der Waals surface area contributed by atoms with Crippen LogP contribution in [0, 0.1) is 0 Å². The summed E-state index contributed by atoms with van der Waals surface area (Å²) in [4.78, 5) is 22.0. The Bertz CT molecular complexity index is 1690. The van der Waals surface area contributed by atoms with Gasteiger partial charge in [-0.1, -0.05) is 66.2 Å². The highest BCUT2D eigenvalue weighted by Gasteiger charge is 2.15. The molecule has 6 rings (SSSR count). The van der Waals surface area contributed by atoms with Crippen LogP contribution in [0.4, 0.5) is 0 Å². The first-order valence-corrected chi connectivity index (χ1v) is 12.6. The molecule has 0 N–H and O–H groups in total. The third-order valence-electron chi connectivity index (χ3n) is 5.45. The third kappa shape index (κ3) is 3.96. The fourth-order valence-electron chi connectivity index (χ4n) is 3.74. The highest BCUT2D eigenvalue weighted by atomic mass is 35.5. The molecule has 0 amide bonds. The Morgan fingerprint density at radius 2 is 1.35 bits per heavy atom. The van der Waals surface area contributed by atoms with Gasteiger partial charge in [0.15, 0.2) is 10.0 Å². The van der Waals surface area contributed by atoms with Crippen molar-refractivity contribution >= 4 is 45.2 Å². The van der Waals surface area contributed by atoms with Crippen LogP contribution in [-0.4, -0.2) is 9.97 Å². The van der Waals surface area contributed by atoms with Crippen molar-refractivity contribution in [3.63, 3.8) is 0 Å². The summed E-state index contributed by atoms with van der Waals surface area (Å²) >= 11 is 9.08. The summed E-state index contributed by atoms with van der Waals surface area (Å²) in [7, 11) is 0. The molecule has 0 aliphatic carbocycles. The molecule has 0 bridgehead atoms. The largest absolute Gasteiger partial charge is 0.422 e. The van der Waals surface area contributed by atoms with Crippen molar-refractivity contribution in [2.24, 2.45) is 0 Å². The molecule has 0 aliphatic rings. The summed E-state index contributed by atoms with van der Waals surface area (Å²) < 4.78 is 5.46. The molecule has 4 nitrogen and oxygen atoms in total. The Hall–Kier alpha value is -3.58. The van der Waals surface area contributed by atoms with Gasteiger partial charge in [0.2, 0.25) is 0 Å². The Labute approximate surface area is 207 Å². The molecule has 0 saturated heterocycles. The molecule has 0 spiro atoms. The van der Waals surface area contributed by atoms with Crippen LogP contribution in [-0.2, 0) is 0 Å². The molecule has 164 valence electrons. The number of halogens is 1. The minimum atomic E-state index is -0.426. The van der Waals surface area contributed by atoms with Gasteiger partial charge >= 0.3 is 5.63 Å². The molecule has 0 atom stereocenters. The predicted octanol–water partition coefficient (Wildman–Crippen LogP) is 8.03. The summed E-state index contributed by atoms with van der Waals surface area (Å²) in [5.41, 5.74) is 5.34. The third-order valence-corrected chi connectivity index (χ3v) is 7.51. The summed E-state index contributed by atoms with van der Waals surface area (Å²) in [6.07, 6.45) is 0. The number of benzene rings is 3. The fraction of sp³-hybridized carbons (Fsp3) is 0. The second-order valence-corrected chi connectivity index (χ2v) is 9.80. The number of hydrogen-bond donors (Lipinski definition) is 0.